The summed E-state index contributed by atoms with van der Waals surface area (Å²) in [5.41, 5.74) is 0.0131. The Labute approximate surface area is 85.8 Å². The number of rotatable bonds is 0. The summed E-state index contributed by atoms with van der Waals surface area (Å²) >= 11 is 0. The van der Waals surface area contributed by atoms with Gasteiger partial charge in [-0.3, -0.25) is 9.69 Å². The molecule has 3 nitrogen and oxygen atoms in total. The Morgan fingerprint density at radius 2 is 2.07 bits per heavy atom. The van der Waals surface area contributed by atoms with Crippen LogP contribution in [0.25, 0.3) is 0 Å². The predicted molar refractivity (Wildman–Crippen MR) is 55.7 cm³/mol. The molecule has 80 valence electrons. The van der Waals surface area contributed by atoms with E-state index in [4.69, 9.17) is 0 Å². The normalized spacial score (nSPS) is 42.0. The number of nitrogens with one attached hydrogen (secondary N) is 1. The molecule has 2 bridgehead atoms. The lowest BCUT2D eigenvalue weighted by Gasteiger charge is -2.60. The molecular weight excluding hydrogens is 176 g/mol. The number of carbonyl (C=O) groups excluding carboxylic acids is 1. The molecular formula is C11H20N2O. The molecule has 0 saturated carbocycles. The topological polar surface area (TPSA) is 32.3 Å². The van der Waals surface area contributed by atoms with E-state index < -0.39 is 0 Å². The minimum absolute atomic E-state index is 0.161. The van der Waals surface area contributed by atoms with Gasteiger partial charge in [-0.1, -0.05) is 13.8 Å². The Hall–Kier alpha value is -0.570. The molecule has 2 atom stereocenters. The number of amides is 1. The molecule has 2 unspecified atom stereocenters. The second-order valence-electron chi connectivity index (χ2n) is 5.45. The van der Waals surface area contributed by atoms with E-state index in [9.17, 15) is 4.79 Å². The fourth-order valence-electron chi connectivity index (χ4n) is 2.98. The first-order valence-electron chi connectivity index (χ1n) is 5.40. The molecule has 1 N–H and O–H groups in total. The van der Waals surface area contributed by atoms with Crippen molar-refractivity contribution >= 4 is 5.91 Å². The average Bonchev–Trinajstić information content (AvgIpc) is 2.06. The Morgan fingerprint density at radius 3 is 2.71 bits per heavy atom. The quantitative estimate of drug-likeness (QED) is 0.631. The van der Waals surface area contributed by atoms with E-state index in [1.165, 1.54) is 0 Å². The fraction of sp³-hybridized carbons (Fsp3) is 0.909. The van der Waals surface area contributed by atoms with Crippen LogP contribution < -0.4 is 5.32 Å². The Balaban J connectivity index is 2.41. The minimum atomic E-state index is -0.161. The first-order chi connectivity index (χ1) is 6.38. The first-order valence-corrected chi connectivity index (χ1v) is 5.40. The number of hydrogen-bond donors (Lipinski definition) is 1. The van der Waals surface area contributed by atoms with E-state index in [0.29, 0.717) is 12.3 Å². The van der Waals surface area contributed by atoms with Crippen molar-refractivity contribution in [1.82, 2.24) is 10.2 Å². The van der Waals surface area contributed by atoms with E-state index in [1.807, 2.05) is 0 Å². The molecule has 0 aromatic rings. The van der Waals surface area contributed by atoms with Crippen LogP contribution in [0.1, 0.15) is 33.6 Å². The first kappa shape index (κ1) is 9.97. The second kappa shape index (κ2) is 2.72. The van der Waals surface area contributed by atoms with Gasteiger partial charge in [0.2, 0.25) is 5.91 Å². The van der Waals surface area contributed by atoms with Gasteiger partial charge in [0.1, 0.15) is 0 Å². The SMILES string of the molecule is CN1CCC2CC(=O)NC1(C)C2(C)C. The molecule has 3 heteroatoms. The van der Waals surface area contributed by atoms with Crippen molar-refractivity contribution in [2.45, 2.75) is 39.3 Å². The summed E-state index contributed by atoms with van der Waals surface area (Å²) in [5, 5.41) is 3.15. The van der Waals surface area contributed by atoms with E-state index in [0.717, 1.165) is 13.0 Å². The third-order valence-corrected chi connectivity index (χ3v) is 4.67. The van der Waals surface area contributed by atoms with Crippen LogP contribution in [0.15, 0.2) is 0 Å². The van der Waals surface area contributed by atoms with Crippen LogP contribution in [0.5, 0.6) is 0 Å². The maximum absolute atomic E-state index is 11.6. The van der Waals surface area contributed by atoms with Gasteiger partial charge < -0.3 is 5.32 Å². The largest absolute Gasteiger partial charge is 0.338 e. The zero-order valence-corrected chi connectivity index (χ0v) is 9.55. The van der Waals surface area contributed by atoms with Gasteiger partial charge in [-0.25, -0.2) is 0 Å². The van der Waals surface area contributed by atoms with Gasteiger partial charge in [0, 0.05) is 18.4 Å². The third kappa shape index (κ3) is 1.05. The Kier molecular flexibility index (Phi) is 1.94. The van der Waals surface area contributed by atoms with Crippen molar-refractivity contribution in [3.05, 3.63) is 0 Å². The van der Waals surface area contributed by atoms with Crippen LogP contribution >= 0.6 is 0 Å². The third-order valence-electron chi connectivity index (χ3n) is 4.67. The molecule has 0 aromatic heterocycles. The van der Waals surface area contributed by atoms with Crippen molar-refractivity contribution in [3.63, 3.8) is 0 Å². The molecule has 1 amide bonds. The van der Waals surface area contributed by atoms with Gasteiger partial charge >= 0.3 is 0 Å². The summed E-state index contributed by atoms with van der Waals surface area (Å²) in [5.74, 6) is 0.751. The minimum Gasteiger partial charge on any atom is -0.338 e. The highest BCUT2D eigenvalue weighted by atomic mass is 16.2. The lowest BCUT2D eigenvalue weighted by Crippen LogP contribution is -2.73. The van der Waals surface area contributed by atoms with Gasteiger partial charge in [0.15, 0.2) is 0 Å². The summed E-state index contributed by atoms with van der Waals surface area (Å²) in [6.07, 6.45) is 1.85. The number of piperidine rings is 2. The van der Waals surface area contributed by atoms with Crippen LogP contribution in [0, 0.1) is 11.3 Å². The summed E-state index contributed by atoms with van der Waals surface area (Å²) in [4.78, 5) is 13.9. The van der Waals surface area contributed by atoms with Crippen LogP contribution in [-0.2, 0) is 4.79 Å². The Bertz CT molecular complexity index is 274. The lowest BCUT2D eigenvalue weighted by atomic mass is 9.61. The molecule has 2 rings (SSSR count). The molecule has 2 saturated heterocycles. The maximum atomic E-state index is 11.6. The van der Waals surface area contributed by atoms with Gasteiger partial charge in [0.25, 0.3) is 0 Å². The van der Waals surface area contributed by atoms with E-state index in [-0.39, 0.29) is 17.0 Å². The molecule has 2 heterocycles. The highest BCUT2D eigenvalue weighted by Gasteiger charge is 2.55. The number of likely N-dealkylation sites (tertiary alicyclic amines) is 1. The summed E-state index contributed by atoms with van der Waals surface area (Å²) in [6.45, 7) is 7.78. The van der Waals surface area contributed by atoms with Gasteiger partial charge in [0.05, 0.1) is 5.66 Å². The van der Waals surface area contributed by atoms with Crippen LogP contribution in [0.2, 0.25) is 0 Å². The molecule has 2 fully saturated rings. The predicted octanol–water partition coefficient (Wildman–Crippen LogP) is 1.20. The van der Waals surface area contributed by atoms with Gasteiger partial charge in [-0.2, -0.15) is 0 Å². The molecule has 0 aromatic carbocycles. The smallest absolute Gasteiger partial charge is 0.221 e. The number of fused-ring (bicyclic) bond motifs is 2. The van der Waals surface area contributed by atoms with Crippen molar-refractivity contribution in [3.8, 4) is 0 Å². The molecule has 0 aliphatic carbocycles. The molecule has 0 spiro atoms. The monoisotopic (exact) mass is 196 g/mol. The van der Waals surface area contributed by atoms with Crippen molar-refractivity contribution < 1.29 is 4.79 Å². The highest BCUT2D eigenvalue weighted by molar-refractivity contribution is 5.78. The Morgan fingerprint density at radius 1 is 1.43 bits per heavy atom. The van der Waals surface area contributed by atoms with Crippen molar-refractivity contribution in [1.29, 1.82) is 0 Å². The standard InChI is InChI=1S/C11H20N2O/c1-10(2)8-5-6-13(4)11(10,3)12-9(14)7-8/h8H,5-7H2,1-4H3,(H,12,14). The van der Waals surface area contributed by atoms with Crippen LogP contribution in [0.3, 0.4) is 0 Å². The van der Waals surface area contributed by atoms with E-state index in [1.54, 1.807) is 0 Å². The molecule has 14 heavy (non-hydrogen) atoms. The van der Waals surface area contributed by atoms with E-state index in [2.05, 4.69) is 38.0 Å². The fourth-order valence-corrected chi connectivity index (χ4v) is 2.98. The maximum Gasteiger partial charge on any atom is 0.221 e. The zero-order chi connectivity index (χ0) is 10.6. The van der Waals surface area contributed by atoms with Crippen LogP contribution in [-0.4, -0.2) is 30.1 Å². The van der Waals surface area contributed by atoms with Crippen LogP contribution in [0.4, 0.5) is 0 Å². The number of hydrogen-bond acceptors (Lipinski definition) is 2. The summed E-state index contributed by atoms with van der Waals surface area (Å²) < 4.78 is 0. The zero-order valence-electron chi connectivity index (χ0n) is 9.55. The summed E-state index contributed by atoms with van der Waals surface area (Å²) in [6, 6.07) is 0. The molecule has 2 aliphatic rings. The molecule has 2 aliphatic heterocycles. The number of nitrogens with zero attached hydrogens (tertiary/aromatic N) is 1. The average molecular weight is 196 g/mol. The van der Waals surface area contributed by atoms with E-state index >= 15 is 0 Å². The second-order valence-corrected chi connectivity index (χ2v) is 5.45. The number of carbonyl (C=O) groups is 1. The van der Waals surface area contributed by atoms with Crippen molar-refractivity contribution in [2.75, 3.05) is 13.6 Å². The highest BCUT2D eigenvalue weighted by Crippen LogP contribution is 2.49. The molecule has 0 radical (unpaired) electrons. The lowest BCUT2D eigenvalue weighted by molar-refractivity contribution is -0.156. The van der Waals surface area contributed by atoms with Crippen molar-refractivity contribution in [2.24, 2.45) is 11.3 Å². The van der Waals surface area contributed by atoms with Gasteiger partial charge in [-0.15, -0.1) is 0 Å². The van der Waals surface area contributed by atoms with Gasteiger partial charge in [-0.05, 0) is 26.3 Å². The summed E-state index contributed by atoms with van der Waals surface area (Å²) in [7, 11) is 2.10.